The molecular weight excluding hydrogens is 937 g/mol. The summed E-state index contributed by atoms with van der Waals surface area (Å²) in [6.07, 6.45) is 15.3. The third kappa shape index (κ3) is 18.5. The normalized spacial score (nSPS) is 11.9. The first kappa shape index (κ1) is 55.2. The number of esters is 4. The minimum atomic E-state index is -0.407. The van der Waals surface area contributed by atoms with Gasteiger partial charge in [-0.1, -0.05) is 114 Å². The van der Waals surface area contributed by atoms with Crippen molar-refractivity contribution in [2.24, 2.45) is 0 Å². The van der Waals surface area contributed by atoms with Gasteiger partial charge < -0.3 is 18.9 Å². The average Bonchev–Trinajstić information content (AvgIpc) is 3.40. The van der Waals surface area contributed by atoms with E-state index in [1.54, 1.807) is 72.1 Å². The molecule has 6 rings (SSSR count). The van der Waals surface area contributed by atoms with Crippen molar-refractivity contribution in [2.45, 2.75) is 140 Å². The van der Waals surface area contributed by atoms with Crippen LogP contribution in [0.4, 0.5) is 0 Å². The summed E-state index contributed by atoms with van der Waals surface area (Å²) in [6, 6.07) is 44.6. The van der Waals surface area contributed by atoms with Crippen LogP contribution in [0.25, 0.3) is 22.3 Å². The van der Waals surface area contributed by atoms with E-state index in [4.69, 9.17) is 18.9 Å². The molecule has 0 fully saturated rings. The van der Waals surface area contributed by atoms with E-state index in [9.17, 15) is 19.2 Å². The summed E-state index contributed by atoms with van der Waals surface area (Å²) in [6.45, 7) is 8.27. The van der Waals surface area contributed by atoms with Crippen molar-refractivity contribution >= 4 is 47.4 Å². The van der Waals surface area contributed by atoms with E-state index in [1.807, 2.05) is 111 Å². The van der Waals surface area contributed by atoms with Crippen LogP contribution in [-0.2, 0) is 9.47 Å². The fourth-order valence-corrected chi connectivity index (χ4v) is 9.83. The number of rotatable bonds is 29. The van der Waals surface area contributed by atoms with Crippen molar-refractivity contribution in [3.63, 3.8) is 0 Å². The maximum Gasteiger partial charge on any atom is 0.343 e. The SMILES string of the molecule is CCCCCC[C@H](C)OC(=O)c1ccc(-c2ccc(OC(=O)c3ccc(SCCCCCCSc4ccc(C(=O)Oc5ccc(-c6ccc(C(=O)O[C@@H](C)CCCCCC)cc6)cc5)cc4)cc3)cc2)cc1. The molecule has 0 spiro atoms. The molecule has 0 amide bonds. The van der Waals surface area contributed by atoms with Gasteiger partial charge in [-0.05, 0) is 183 Å². The number of carbonyl (C=O) groups excluding carboxylic acids is 4. The Morgan fingerprint density at radius 3 is 0.986 bits per heavy atom. The van der Waals surface area contributed by atoms with Crippen LogP contribution < -0.4 is 9.47 Å². The second-order valence-corrected chi connectivity index (χ2v) is 20.6. The van der Waals surface area contributed by atoms with Gasteiger partial charge in [-0.25, -0.2) is 19.2 Å². The Bertz CT molecular complexity index is 2390. The Labute approximate surface area is 436 Å². The van der Waals surface area contributed by atoms with Gasteiger partial charge >= 0.3 is 23.9 Å². The number of hydrogen-bond donors (Lipinski definition) is 0. The second-order valence-electron chi connectivity index (χ2n) is 18.3. The predicted molar refractivity (Wildman–Crippen MR) is 294 cm³/mol. The van der Waals surface area contributed by atoms with E-state index in [2.05, 4.69) is 13.8 Å². The lowest BCUT2D eigenvalue weighted by atomic mass is 10.0. The standard InChI is InChI=1S/C62H70O8S2/c1-5-7-9-13-17-45(3)67-59(63)51-23-19-47(20-24-51)49-27-35-55(36-28-49)69-61(65)53-31-39-57(40-32-53)71-43-15-11-12-16-44-72-58-41-33-54(34-42-58)62(66)70-56-37-29-50(30-38-56)48-21-25-52(26-22-48)60(64)68-46(4)18-14-10-8-6-2/h19-42,45-46H,5-18,43-44H2,1-4H3/t45-,46-/m0/s1. The summed E-state index contributed by atoms with van der Waals surface area (Å²) < 4.78 is 22.6. The molecule has 0 saturated heterocycles. The largest absolute Gasteiger partial charge is 0.459 e. The lowest BCUT2D eigenvalue weighted by molar-refractivity contribution is 0.0309. The Morgan fingerprint density at radius 1 is 0.361 bits per heavy atom. The van der Waals surface area contributed by atoms with Crippen molar-refractivity contribution in [3.8, 4) is 33.8 Å². The van der Waals surface area contributed by atoms with Crippen LogP contribution in [0.2, 0.25) is 0 Å². The number of hydrogen-bond acceptors (Lipinski definition) is 10. The highest BCUT2D eigenvalue weighted by Gasteiger charge is 2.16. The maximum absolute atomic E-state index is 12.9. The van der Waals surface area contributed by atoms with E-state index < -0.39 is 11.9 Å². The number of carbonyl (C=O) groups is 4. The fraction of sp³-hybridized carbons (Fsp3) is 0.355. The minimum Gasteiger partial charge on any atom is -0.459 e. The molecule has 0 radical (unpaired) electrons. The number of benzene rings is 6. The molecule has 0 heterocycles. The summed E-state index contributed by atoms with van der Waals surface area (Å²) in [5, 5.41) is 0. The first-order chi connectivity index (χ1) is 35.1. The molecule has 10 heteroatoms. The Balaban J connectivity index is 0.816. The molecule has 0 aliphatic heterocycles. The Hall–Kier alpha value is -6.10. The molecule has 0 bridgehead atoms. The van der Waals surface area contributed by atoms with Gasteiger partial charge in [0, 0.05) is 9.79 Å². The van der Waals surface area contributed by atoms with E-state index in [1.165, 1.54) is 25.7 Å². The van der Waals surface area contributed by atoms with E-state index in [0.29, 0.717) is 33.8 Å². The number of thioether (sulfide) groups is 2. The number of unbranched alkanes of at least 4 members (excludes halogenated alkanes) is 9. The van der Waals surface area contributed by atoms with Crippen LogP contribution >= 0.6 is 23.5 Å². The summed E-state index contributed by atoms with van der Waals surface area (Å²) in [4.78, 5) is 53.3. The van der Waals surface area contributed by atoms with Crippen molar-refractivity contribution in [3.05, 3.63) is 168 Å². The first-order valence-corrected chi connectivity index (χ1v) is 27.8. The number of ether oxygens (including phenoxy) is 4. The molecule has 0 aliphatic rings. The van der Waals surface area contributed by atoms with Crippen LogP contribution in [0.3, 0.4) is 0 Å². The maximum atomic E-state index is 12.9. The Kier molecular flexibility index (Phi) is 23.0. The third-order valence-corrected chi connectivity index (χ3v) is 14.5. The molecule has 2 atom stereocenters. The van der Waals surface area contributed by atoms with Crippen molar-refractivity contribution < 1.29 is 38.1 Å². The van der Waals surface area contributed by atoms with Crippen LogP contribution in [0.1, 0.15) is 159 Å². The predicted octanol–water partition coefficient (Wildman–Crippen LogP) is 16.9. The zero-order chi connectivity index (χ0) is 50.9. The molecule has 8 nitrogen and oxygen atoms in total. The summed E-state index contributed by atoms with van der Waals surface area (Å²) >= 11 is 3.58. The van der Waals surface area contributed by atoms with Crippen LogP contribution in [0.5, 0.6) is 11.5 Å². The zero-order valence-electron chi connectivity index (χ0n) is 42.4. The van der Waals surface area contributed by atoms with Crippen LogP contribution in [0, 0.1) is 0 Å². The van der Waals surface area contributed by atoms with Gasteiger partial charge in [-0.15, -0.1) is 23.5 Å². The van der Waals surface area contributed by atoms with Gasteiger partial charge in [0.2, 0.25) is 0 Å². The summed E-state index contributed by atoms with van der Waals surface area (Å²) in [7, 11) is 0. The molecule has 0 unspecified atom stereocenters. The van der Waals surface area contributed by atoms with Gasteiger partial charge in [0.15, 0.2) is 0 Å². The highest BCUT2D eigenvalue weighted by atomic mass is 32.2. The monoisotopic (exact) mass is 1010 g/mol. The molecule has 0 saturated carbocycles. The van der Waals surface area contributed by atoms with E-state index >= 15 is 0 Å². The van der Waals surface area contributed by atoms with Gasteiger partial charge in [0.1, 0.15) is 11.5 Å². The van der Waals surface area contributed by atoms with Gasteiger partial charge in [-0.2, -0.15) is 0 Å². The molecule has 6 aromatic carbocycles. The fourth-order valence-electron chi connectivity index (χ4n) is 8.01. The lowest BCUT2D eigenvalue weighted by Crippen LogP contribution is -2.15. The van der Waals surface area contributed by atoms with Crippen molar-refractivity contribution in [1.29, 1.82) is 0 Å². The minimum absolute atomic E-state index is 0.106. The quantitative estimate of drug-likeness (QED) is 0.0195. The van der Waals surface area contributed by atoms with Gasteiger partial charge in [-0.3, -0.25) is 0 Å². The highest BCUT2D eigenvalue weighted by Crippen LogP contribution is 2.28. The second kappa shape index (κ2) is 30.1. The zero-order valence-corrected chi connectivity index (χ0v) is 44.0. The molecular formula is C62H70O8S2. The topological polar surface area (TPSA) is 105 Å². The summed E-state index contributed by atoms with van der Waals surface area (Å²) in [5.41, 5.74) is 5.84. The van der Waals surface area contributed by atoms with Crippen LogP contribution in [0.15, 0.2) is 155 Å². The van der Waals surface area contributed by atoms with Gasteiger partial charge in [0.05, 0.1) is 34.5 Å². The average molecular weight is 1010 g/mol. The molecule has 0 N–H and O–H groups in total. The lowest BCUT2D eigenvalue weighted by Gasteiger charge is -2.13. The summed E-state index contributed by atoms with van der Waals surface area (Å²) in [5.74, 6) is 1.51. The molecule has 6 aromatic rings. The van der Waals surface area contributed by atoms with E-state index in [-0.39, 0.29) is 24.1 Å². The molecule has 378 valence electrons. The van der Waals surface area contributed by atoms with Crippen molar-refractivity contribution in [1.82, 2.24) is 0 Å². The van der Waals surface area contributed by atoms with Crippen LogP contribution in [-0.4, -0.2) is 47.6 Å². The molecule has 0 aromatic heterocycles. The van der Waals surface area contributed by atoms with Crippen molar-refractivity contribution in [2.75, 3.05) is 11.5 Å². The molecule has 0 aliphatic carbocycles. The smallest absolute Gasteiger partial charge is 0.343 e. The molecule has 72 heavy (non-hydrogen) atoms. The first-order valence-electron chi connectivity index (χ1n) is 25.8. The third-order valence-electron chi connectivity index (χ3n) is 12.3. The van der Waals surface area contributed by atoms with E-state index in [0.717, 1.165) is 108 Å². The Morgan fingerprint density at radius 2 is 0.653 bits per heavy atom. The highest BCUT2D eigenvalue weighted by molar-refractivity contribution is 7.99. The van der Waals surface area contributed by atoms with Gasteiger partial charge in [0.25, 0.3) is 0 Å².